The topological polar surface area (TPSA) is 79.2 Å². The fraction of sp³-hybridized carbons (Fsp3) is 0.0500. The van der Waals surface area contributed by atoms with Crippen LogP contribution >= 0.6 is 23.2 Å². The van der Waals surface area contributed by atoms with Crippen LogP contribution in [0.4, 0.5) is 5.69 Å². The van der Waals surface area contributed by atoms with E-state index in [9.17, 15) is 13.7 Å². The summed E-state index contributed by atoms with van der Waals surface area (Å²) in [6.45, 7) is 1.83. The van der Waals surface area contributed by atoms with Crippen molar-refractivity contribution < 1.29 is 13.2 Å². The number of nitrogens with one attached hydrogen (secondary N) is 1. The Balaban J connectivity index is 1.81. The van der Waals surface area contributed by atoms with Crippen molar-refractivity contribution in [2.24, 2.45) is 0 Å². The fourth-order valence-corrected chi connectivity index (χ4v) is 3.82. The Kier molecular flexibility index (Phi) is 5.80. The minimum absolute atomic E-state index is 0.0585. The Morgan fingerprint density at radius 1 is 1.00 bits per heavy atom. The van der Waals surface area contributed by atoms with E-state index in [1.54, 1.807) is 36.4 Å². The van der Waals surface area contributed by atoms with Crippen LogP contribution < -0.4 is 9.46 Å². The van der Waals surface area contributed by atoms with Crippen molar-refractivity contribution in [1.29, 1.82) is 5.26 Å². The Bertz CT molecular complexity index is 1170. The number of sulfonamides is 1. The van der Waals surface area contributed by atoms with Crippen molar-refractivity contribution in [3.63, 3.8) is 0 Å². The second kappa shape index (κ2) is 8.11. The third-order valence-electron chi connectivity index (χ3n) is 3.87. The molecule has 0 amide bonds. The van der Waals surface area contributed by atoms with Crippen LogP contribution in [-0.2, 0) is 10.0 Å². The number of aryl methyl sites for hydroxylation is 1. The molecular formula is C20H14Cl2N2O3S. The van der Waals surface area contributed by atoms with Gasteiger partial charge in [-0.15, -0.1) is 0 Å². The average Bonchev–Trinajstić information content (AvgIpc) is 2.65. The number of rotatable bonds is 5. The van der Waals surface area contributed by atoms with E-state index in [1.807, 2.05) is 13.0 Å². The molecule has 0 aliphatic rings. The number of anilines is 1. The van der Waals surface area contributed by atoms with Gasteiger partial charge in [0, 0.05) is 5.02 Å². The fourth-order valence-electron chi connectivity index (χ4n) is 2.38. The van der Waals surface area contributed by atoms with Crippen LogP contribution in [0.3, 0.4) is 0 Å². The molecule has 0 atom stereocenters. The lowest BCUT2D eigenvalue weighted by Crippen LogP contribution is -2.12. The normalized spacial score (nSPS) is 10.9. The number of nitriles is 1. The van der Waals surface area contributed by atoms with Crippen molar-refractivity contribution in [3.8, 4) is 17.6 Å². The second-order valence-electron chi connectivity index (χ2n) is 5.87. The molecule has 28 heavy (non-hydrogen) atoms. The molecule has 3 aromatic carbocycles. The molecule has 0 saturated carbocycles. The van der Waals surface area contributed by atoms with Gasteiger partial charge < -0.3 is 4.74 Å². The highest BCUT2D eigenvalue weighted by Gasteiger charge is 2.15. The lowest BCUT2D eigenvalue weighted by atomic mass is 10.2. The van der Waals surface area contributed by atoms with Gasteiger partial charge in [0.15, 0.2) is 0 Å². The van der Waals surface area contributed by atoms with Crippen LogP contribution in [0.15, 0.2) is 65.6 Å². The molecule has 0 saturated heterocycles. The summed E-state index contributed by atoms with van der Waals surface area (Å²) < 4.78 is 33.3. The van der Waals surface area contributed by atoms with Crippen molar-refractivity contribution in [3.05, 3.63) is 81.8 Å². The first-order chi connectivity index (χ1) is 13.3. The Morgan fingerprint density at radius 2 is 1.71 bits per heavy atom. The van der Waals surface area contributed by atoms with Crippen LogP contribution in [0.1, 0.15) is 11.1 Å². The first-order valence-electron chi connectivity index (χ1n) is 8.05. The summed E-state index contributed by atoms with van der Waals surface area (Å²) in [5, 5.41) is 9.94. The molecule has 0 bridgehead atoms. The molecule has 142 valence electrons. The molecule has 0 aromatic heterocycles. The monoisotopic (exact) mass is 432 g/mol. The zero-order valence-electron chi connectivity index (χ0n) is 14.6. The highest BCUT2D eigenvalue weighted by Crippen LogP contribution is 2.30. The number of benzene rings is 3. The number of hydrogen-bond acceptors (Lipinski definition) is 4. The summed E-state index contributed by atoms with van der Waals surface area (Å²) >= 11 is 12.0. The van der Waals surface area contributed by atoms with Crippen molar-refractivity contribution in [2.75, 3.05) is 4.72 Å². The quantitative estimate of drug-likeness (QED) is 0.554. The molecule has 0 aliphatic carbocycles. The van der Waals surface area contributed by atoms with E-state index in [4.69, 9.17) is 27.9 Å². The van der Waals surface area contributed by atoms with Crippen molar-refractivity contribution in [1.82, 2.24) is 0 Å². The van der Waals surface area contributed by atoms with Crippen LogP contribution in [0, 0.1) is 18.3 Å². The molecule has 1 N–H and O–H groups in total. The predicted molar refractivity (Wildman–Crippen MR) is 110 cm³/mol. The van der Waals surface area contributed by atoms with E-state index < -0.39 is 10.0 Å². The largest absolute Gasteiger partial charge is 0.456 e. The van der Waals surface area contributed by atoms with Gasteiger partial charge in [-0.1, -0.05) is 35.3 Å². The highest BCUT2D eigenvalue weighted by molar-refractivity contribution is 7.92. The Labute approximate surface area is 173 Å². The molecular weight excluding hydrogens is 419 g/mol. The predicted octanol–water partition coefficient (Wildman–Crippen LogP) is 5.77. The van der Waals surface area contributed by atoms with E-state index in [-0.39, 0.29) is 21.2 Å². The van der Waals surface area contributed by atoms with Gasteiger partial charge in [0.05, 0.1) is 15.6 Å². The maximum absolute atomic E-state index is 12.6. The highest BCUT2D eigenvalue weighted by atomic mass is 35.5. The molecule has 0 radical (unpaired) electrons. The summed E-state index contributed by atoms with van der Waals surface area (Å²) in [5.74, 6) is 0.661. The van der Waals surface area contributed by atoms with Gasteiger partial charge >= 0.3 is 0 Å². The SMILES string of the molecule is Cc1ccc(NS(=O)(=O)c2ccc(Oc3cccc(Cl)c3C#N)cc2)cc1Cl. The number of nitrogens with zero attached hydrogens (tertiary/aromatic N) is 1. The minimum atomic E-state index is -3.79. The lowest BCUT2D eigenvalue weighted by Gasteiger charge is -2.11. The minimum Gasteiger partial charge on any atom is -0.456 e. The van der Waals surface area contributed by atoms with Gasteiger partial charge in [0.1, 0.15) is 23.1 Å². The van der Waals surface area contributed by atoms with Crippen LogP contribution in [0.5, 0.6) is 11.5 Å². The molecule has 3 aromatic rings. The summed E-state index contributed by atoms with van der Waals surface area (Å²) in [5.41, 5.74) is 1.43. The van der Waals surface area contributed by atoms with E-state index >= 15 is 0 Å². The molecule has 8 heteroatoms. The first-order valence-corrected chi connectivity index (χ1v) is 10.3. The molecule has 0 fully saturated rings. The maximum Gasteiger partial charge on any atom is 0.261 e. The van der Waals surface area contributed by atoms with Gasteiger partial charge in [-0.2, -0.15) is 5.26 Å². The van der Waals surface area contributed by atoms with E-state index in [0.29, 0.717) is 16.5 Å². The number of halogens is 2. The summed E-state index contributed by atoms with van der Waals surface area (Å²) in [6, 6.07) is 17.6. The summed E-state index contributed by atoms with van der Waals surface area (Å²) in [6.07, 6.45) is 0. The van der Waals surface area contributed by atoms with Crippen LogP contribution in [0.25, 0.3) is 0 Å². The molecule has 0 aliphatic heterocycles. The van der Waals surface area contributed by atoms with Gasteiger partial charge in [-0.3, -0.25) is 4.72 Å². The Morgan fingerprint density at radius 3 is 2.36 bits per heavy atom. The molecule has 0 heterocycles. The smallest absolute Gasteiger partial charge is 0.261 e. The van der Waals surface area contributed by atoms with Gasteiger partial charge in [-0.25, -0.2) is 8.42 Å². The number of ether oxygens (including phenoxy) is 1. The van der Waals surface area contributed by atoms with E-state index in [0.717, 1.165) is 5.56 Å². The third kappa shape index (κ3) is 4.39. The molecule has 5 nitrogen and oxygen atoms in total. The molecule has 0 unspecified atom stereocenters. The van der Waals surface area contributed by atoms with E-state index in [2.05, 4.69) is 4.72 Å². The first kappa shape index (κ1) is 20.0. The zero-order chi connectivity index (χ0) is 20.3. The third-order valence-corrected chi connectivity index (χ3v) is 5.99. The maximum atomic E-state index is 12.6. The summed E-state index contributed by atoms with van der Waals surface area (Å²) in [7, 11) is -3.79. The second-order valence-corrected chi connectivity index (χ2v) is 8.36. The van der Waals surface area contributed by atoms with Gasteiger partial charge in [-0.05, 0) is 61.0 Å². The standard InChI is InChI=1S/C20H14Cl2N2O3S/c1-13-5-6-14(11-19(13)22)24-28(25,26)16-9-7-15(8-10-16)27-20-4-2-3-18(21)17(20)12-23/h2-11,24H,1H3. The number of hydrogen-bond donors (Lipinski definition) is 1. The molecule has 0 spiro atoms. The van der Waals surface area contributed by atoms with Crippen molar-refractivity contribution >= 4 is 38.9 Å². The van der Waals surface area contributed by atoms with E-state index in [1.165, 1.54) is 24.3 Å². The van der Waals surface area contributed by atoms with Gasteiger partial charge in [0.2, 0.25) is 0 Å². The van der Waals surface area contributed by atoms with Crippen molar-refractivity contribution in [2.45, 2.75) is 11.8 Å². The van der Waals surface area contributed by atoms with Crippen LogP contribution in [0.2, 0.25) is 10.0 Å². The average molecular weight is 433 g/mol. The lowest BCUT2D eigenvalue weighted by molar-refractivity contribution is 0.480. The van der Waals surface area contributed by atoms with Crippen LogP contribution in [-0.4, -0.2) is 8.42 Å². The Hall–Kier alpha value is -2.72. The van der Waals surface area contributed by atoms with Gasteiger partial charge in [0.25, 0.3) is 10.0 Å². The molecule has 3 rings (SSSR count). The zero-order valence-corrected chi connectivity index (χ0v) is 16.9. The summed E-state index contributed by atoms with van der Waals surface area (Å²) in [4.78, 5) is 0.0585.